The Hall–Kier alpha value is -1.44. The molecule has 2 bridgehead atoms. The molecule has 2 nitrogen and oxygen atoms in total. The summed E-state index contributed by atoms with van der Waals surface area (Å²) >= 11 is 0. The summed E-state index contributed by atoms with van der Waals surface area (Å²) in [6.45, 7) is 5.33. The van der Waals surface area contributed by atoms with Gasteiger partial charge in [-0.2, -0.15) is 0 Å². The van der Waals surface area contributed by atoms with E-state index in [2.05, 4.69) is 49.2 Å². The fraction of sp³-hybridized carbons (Fsp3) is 0.529. The average Bonchev–Trinajstić information content (AvgIpc) is 2.89. The Labute approximate surface area is 116 Å². The standard InChI is InChI=1S/C17H23NO/c1-13(2)19-17-7-5-14(6-8-17)4-3-9-18-12-15-10-16(18)11-15/h5-8,12-13,16H,3-4,9-11H2,1-2H3. The van der Waals surface area contributed by atoms with Crippen LogP contribution in [0.4, 0.5) is 0 Å². The Balaban J connectivity index is 1.43. The number of hydrogen-bond acceptors (Lipinski definition) is 2. The summed E-state index contributed by atoms with van der Waals surface area (Å²) in [5.41, 5.74) is 3.07. The number of hydrogen-bond donors (Lipinski definition) is 0. The molecule has 0 N–H and O–H groups in total. The molecule has 4 rings (SSSR count). The normalized spacial score (nSPS) is 17.6. The van der Waals surface area contributed by atoms with E-state index in [-0.39, 0.29) is 6.10 Å². The Morgan fingerprint density at radius 1 is 1.21 bits per heavy atom. The van der Waals surface area contributed by atoms with E-state index in [1.165, 1.54) is 31.4 Å². The zero-order valence-electron chi connectivity index (χ0n) is 11.9. The van der Waals surface area contributed by atoms with Crippen molar-refractivity contribution in [2.45, 2.75) is 51.7 Å². The van der Waals surface area contributed by atoms with Crippen LogP contribution in [-0.2, 0) is 6.42 Å². The fourth-order valence-corrected chi connectivity index (χ4v) is 2.95. The predicted molar refractivity (Wildman–Crippen MR) is 78.3 cm³/mol. The van der Waals surface area contributed by atoms with Gasteiger partial charge in [-0.3, -0.25) is 0 Å². The van der Waals surface area contributed by atoms with Crippen molar-refractivity contribution in [3.05, 3.63) is 41.6 Å². The molecule has 0 amide bonds. The van der Waals surface area contributed by atoms with E-state index in [4.69, 9.17) is 4.74 Å². The van der Waals surface area contributed by atoms with Gasteiger partial charge in [0.2, 0.25) is 0 Å². The lowest BCUT2D eigenvalue weighted by Crippen LogP contribution is -2.30. The zero-order chi connectivity index (χ0) is 13.2. The zero-order valence-corrected chi connectivity index (χ0v) is 11.9. The Morgan fingerprint density at radius 3 is 2.53 bits per heavy atom. The van der Waals surface area contributed by atoms with E-state index in [0.717, 1.165) is 18.2 Å². The van der Waals surface area contributed by atoms with Crippen LogP contribution < -0.4 is 4.74 Å². The van der Waals surface area contributed by atoms with E-state index in [1.807, 2.05) is 0 Å². The summed E-state index contributed by atoms with van der Waals surface area (Å²) < 4.78 is 5.66. The monoisotopic (exact) mass is 257 g/mol. The second-order valence-corrected chi connectivity index (χ2v) is 6.00. The highest BCUT2D eigenvalue weighted by atomic mass is 16.5. The topological polar surface area (TPSA) is 12.5 Å². The van der Waals surface area contributed by atoms with Crippen LogP contribution in [0.1, 0.15) is 38.7 Å². The molecule has 2 aliphatic heterocycles. The third kappa shape index (κ3) is 2.94. The predicted octanol–water partition coefficient (Wildman–Crippen LogP) is 3.77. The first kappa shape index (κ1) is 12.6. The summed E-state index contributed by atoms with van der Waals surface area (Å²) in [5.74, 6) is 0.976. The average molecular weight is 257 g/mol. The molecule has 2 heterocycles. The van der Waals surface area contributed by atoms with Crippen molar-refractivity contribution in [1.29, 1.82) is 0 Å². The highest BCUT2D eigenvalue weighted by molar-refractivity contribution is 5.28. The first-order valence-electron chi connectivity index (χ1n) is 7.41. The third-order valence-electron chi connectivity index (χ3n) is 3.99. The molecule has 1 aromatic carbocycles. The van der Waals surface area contributed by atoms with Gasteiger partial charge in [0.15, 0.2) is 0 Å². The Kier molecular flexibility index (Phi) is 3.50. The van der Waals surface area contributed by atoms with Gasteiger partial charge in [-0.25, -0.2) is 0 Å². The van der Waals surface area contributed by atoms with Gasteiger partial charge in [0.25, 0.3) is 0 Å². The molecule has 0 radical (unpaired) electrons. The van der Waals surface area contributed by atoms with E-state index in [9.17, 15) is 0 Å². The van der Waals surface area contributed by atoms with Crippen molar-refractivity contribution in [2.24, 2.45) is 0 Å². The van der Waals surface area contributed by atoms with Crippen molar-refractivity contribution in [3.63, 3.8) is 0 Å². The van der Waals surface area contributed by atoms with E-state index >= 15 is 0 Å². The van der Waals surface area contributed by atoms with E-state index in [0.29, 0.717) is 0 Å². The van der Waals surface area contributed by atoms with Crippen LogP contribution in [0.5, 0.6) is 5.75 Å². The van der Waals surface area contributed by atoms with Gasteiger partial charge in [-0.05, 0) is 63.4 Å². The van der Waals surface area contributed by atoms with Crippen molar-refractivity contribution in [1.82, 2.24) is 4.90 Å². The van der Waals surface area contributed by atoms with Crippen molar-refractivity contribution in [3.8, 4) is 5.75 Å². The second-order valence-electron chi connectivity index (χ2n) is 6.00. The number of fused-ring (bicyclic) bond motifs is 1. The molecule has 0 aromatic heterocycles. The molecular weight excluding hydrogens is 234 g/mol. The number of benzene rings is 1. The molecule has 1 fully saturated rings. The fourth-order valence-electron chi connectivity index (χ4n) is 2.95. The highest BCUT2D eigenvalue weighted by Crippen LogP contribution is 2.38. The summed E-state index contributed by atoms with van der Waals surface area (Å²) in [4.78, 5) is 2.53. The molecule has 1 aliphatic carbocycles. The van der Waals surface area contributed by atoms with Crippen LogP contribution in [0.2, 0.25) is 0 Å². The van der Waals surface area contributed by atoms with Crippen LogP contribution in [-0.4, -0.2) is 23.6 Å². The largest absolute Gasteiger partial charge is 0.491 e. The van der Waals surface area contributed by atoms with Gasteiger partial charge in [-0.15, -0.1) is 0 Å². The van der Waals surface area contributed by atoms with Crippen molar-refractivity contribution < 1.29 is 4.74 Å². The lowest BCUT2D eigenvalue weighted by Gasteiger charge is -2.27. The molecule has 0 unspecified atom stereocenters. The molecule has 19 heavy (non-hydrogen) atoms. The van der Waals surface area contributed by atoms with Gasteiger partial charge in [0.05, 0.1) is 6.10 Å². The highest BCUT2D eigenvalue weighted by Gasteiger charge is 2.33. The Morgan fingerprint density at radius 2 is 1.95 bits per heavy atom. The lowest BCUT2D eigenvalue weighted by atomic mass is 9.91. The SMILES string of the molecule is CC(C)Oc1ccc(CCCN2C=C3CC2C3)cc1. The van der Waals surface area contributed by atoms with Gasteiger partial charge >= 0.3 is 0 Å². The number of nitrogens with zero attached hydrogens (tertiary/aromatic N) is 1. The first-order chi connectivity index (χ1) is 9.20. The second kappa shape index (κ2) is 5.28. The van der Waals surface area contributed by atoms with Gasteiger partial charge in [0.1, 0.15) is 5.75 Å². The first-order valence-corrected chi connectivity index (χ1v) is 7.41. The quantitative estimate of drug-likeness (QED) is 0.769. The minimum absolute atomic E-state index is 0.251. The van der Waals surface area contributed by atoms with E-state index < -0.39 is 0 Å². The summed E-state index contributed by atoms with van der Waals surface area (Å²) in [6.07, 6.45) is 7.70. The van der Waals surface area contributed by atoms with Gasteiger partial charge in [0, 0.05) is 12.6 Å². The summed E-state index contributed by atoms with van der Waals surface area (Å²) in [7, 11) is 0. The Bertz CT molecular complexity index is 453. The van der Waals surface area contributed by atoms with Crippen LogP contribution >= 0.6 is 0 Å². The molecule has 1 saturated carbocycles. The molecule has 3 aliphatic rings. The molecule has 0 atom stereocenters. The summed E-state index contributed by atoms with van der Waals surface area (Å²) in [5, 5.41) is 0. The minimum Gasteiger partial charge on any atom is -0.491 e. The maximum atomic E-state index is 5.66. The molecule has 1 aromatic rings. The molecule has 102 valence electrons. The molecule has 0 saturated heterocycles. The summed E-state index contributed by atoms with van der Waals surface area (Å²) in [6, 6.07) is 9.41. The maximum Gasteiger partial charge on any atom is 0.119 e. The van der Waals surface area contributed by atoms with Gasteiger partial charge < -0.3 is 9.64 Å². The van der Waals surface area contributed by atoms with Crippen molar-refractivity contribution >= 4 is 0 Å². The van der Waals surface area contributed by atoms with Gasteiger partial charge in [-0.1, -0.05) is 17.7 Å². The van der Waals surface area contributed by atoms with E-state index in [1.54, 1.807) is 5.57 Å². The maximum absolute atomic E-state index is 5.66. The van der Waals surface area contributed by atoms with Crippen LogP contribution in [0.25, 0.3) is 0 Å². The minimum atomic E-state index is 0.251. The van der Waals surface area contributed by atoms with Crippen LogP contribution in [0.3, 0.4) is 0 Å². The number of ether oxygens (including phenoxy) is 1. The smallest absolute Gasteiger partial charge is 0.119 e. The lowest BCUT2D eigenvalue weighted by molar-refractivity contribution is 0.242. The molecular formula is C17H23NO. The van der Waals surface area contributed by atoms with Crippen LogP contribution in [0, 0.1) is 0 Å². The number of rotatable bonds is 6. The molecule has 0 spiro atoms. The molecule has 2 heteroatoms. The van der Waals surface area contributed by atoms with Crippen LogP contribution in [0.15, 0.2) is 36.0 Å². The third-order valence-corrected chi connectivity index (χ3v) is 3.99. The number of aryl methyl sites for hydroxylation is 1. The van der Waals surface area contributed by atoms with Crippen molar-refractivity contribution in [2.75, 3.05) is 6.54 Å².